The molecule has 0 amide bonds. The largest absolute Gasteiger partial charge is 0.486 e. The maximum absolute atomic E-state index is 5.60. The Morgan fingerprint density at radius 1 is 0.905 bits per heavy atom. The van der Waals surface area contributed by atoms with E-state index < -0.39 is 0 Å². The quantitative estimate of drug-likeness (QED) is 0.719. The van der Waals surface area contributed by atoms with Gasteiger partial charge in [0.2, 0.25) is 0 Å². The highest BCUT2D eigenvalue weighted by atomic mass is 16.6. The molecule has 2 aromatic carbocycles. The van der Waals surface area contributed by atoms with E-state index in [4.69, 9.17) is 9.47 Å². The second-order valence-corrected chi connectivity index (χ2v) is 4.61. The number of rotatable bonds is 2. The summed E-state index contributed by atoms with van der Waals surface area (Å²) in [5.41, 5.74) is 1.79. The summed E-state index contributed by atoms with van der Waals surface area (Å²) in [6.45, 7) is 1.13. The molecule has 1 aromatic heterocycles. The number of hydrogen-bond donors (Lipinski definition) is 0. The van der Waals surface area contributed by atoms with Crippen molar-refractivity contribution in [2.75, 3.05) is 13.2 Å². The molecular weight excluding hydrogens is 268 g/mol. The van der Waals surface area contributed by atoms with Gasteiger partial charge in [-0.2, -0.15) is 4.68 Å². The van der Waals surface area contributed by atoms with Crippen molar-refractivity contribution >= 4 is 0 Å². The van der Waals surface area contributed by atoms with Gasteiger partial charge in [0.1, 0.15) is 13.2 Å². The first-order valence-electron chi connectivity index (χ1n) is 6.66. The third kappa shape index (κ3) is 2.10. The van der Waals surface area contributed by atoms with Gasteiger partial charge in [-0.05, 0) is 40.8 Å². The molecule has 0 radical (unpaired) electrons. The maximum Gasteiger partial charge on any atom is 0.187 e. The number of tetrazole rings is 1. The lowest BCUT2D eigenvalue weighted by atomic mass is 10.1. The van der Waals surface area contributed by atoms with Crippen LogP contribution in [0.4, 0.5) is 0 Å². The summed E-state index contributed by atoms with van der Waals surface area (Å²) in [5.74, 6) is 2.14. The van der Waals surface area contributed by atoms with E-state index in [2.05, 4.69) is 15.5 Å². The van der Waals surface area contributed by atoms with Gasteiger partial charge in [-0.15, -0.1) is 5.10 Å². The zero-order chi connectivity index (χ0) is 14.1. The minimum absolute atomic E-state index is 0.556. The molecule has 104 valence electrons. The zero-order valence-electron chi connectivity index (χ0n) is 11.1. The molecule has 0 unspecified atom stereocenters. The molecule has 0 aliphatic carbocycles. The van der Waals surface area contributed by atoms with Crippen molar-refractivity contribution in [3.8, 4) is 28.6 Å². The second kappa shape index (κ2) is 4.90. The van der Waals surface area contributed by atoms with Gasteiger partial charge < -0.3 is 9.47 Å². The molecule has 6 heteroatoms. The molecule has 0 saturated carbocycles. The van der Waals surface area contributed by atoms with E-state index >= 15 is 0 Å². The van der Waals surface area contributed by atoms with Crippen LogP contribution in [0.25, 0.3) is 17.1 Å². The smallest absolute Gasteiger partial charge is 0.187 e. The van der Waals surface area contributed by atoms with E-state index in [0.29, 0.717) is 19.0 Å². The fourth-order valence-electron chi connectivity index (χ4n) is 2.29. The SMILES string of the molecule is c1ccc(-n2nnnc2-c2ccc3c(c2)OCCO3)cc1. The van der Waals surface area contributed by atoms with Crippen molar-refractivity contribution in [1.29, 1.82) is 0 Å². The van der Waals surface area contributed by atoms with Crippen LogP contribution >= 0.6 is 0 Å². The van der Waals surface area contributed by atoms with E-state index in [0.717, 1.165) is 22.7 Å². The van der Waals surface area contributed by atoms with Gasteiger partial charge in [-0.25, -0.2) is 0 Å². The second-order valence-electron chi connectivity index (χ2n) is 4.61. The van der Waals surface area contributed by atoms with Gasteiger partial charge in [-0.3, -0.25) is 0 Å². The number of aromatic nitrogens is 4. The summed E-state index contributed by atoms with van der Waals surface area (Å²) in [5, 5.41) is 12.0. The number of ether oxygens (including phenoxy) is 2. The number of benzene rings is 2. The van der Waals surface area contributed by atoms with Gasteiger partial charge in [0, 0.05) is 5.56 Å². The molecule has 2 heterocycles. The Morgan fingerprint density at radius 2 is 1.71 bits per heavy atom. The Hall–Kier alpha value is -2.89. The topological polar surface area (TPSA) is 62.1 Å². The summed E-state index contributed by atoms with van der Waals surface area (Å²) in [7, 11) is 0. The first kappa shape index (κ1) is 11.9. The first-order chi connectivity index (χ1) is 10.4. The molecule has 0 spiro atoms. The van der Waals surface area contributed by atoms with E-state index in [1.165, 1.54) is 0 Å². The standard InChI is InChI=1S/C15H12N4O2/c1-2-4-12(5-3-1)19-15(16-17-18-19)11-6-7-13-14(10-11)21-9-8-20-13/h1-7,10H,8-9H2. The Kier molecular flexibility index (Phi) is 2.77. The highest BCUT2D eigenvalue weighted by Crippen LogP contribution is 2.34. The lowest BCUT2D eigenvalue weighted by molar-refractivity contribution is 0.171. The summed E-state index contributed by atoms with van der Waals surface area (Å²) < 4.78 is 12.8. The minimum Gasteiger partial charge on any atom is -0.486 e. The molecule has 1 aliphatic heterocycles. The van der Waals surface area contributed by atoms with Crippen molar-refractivity contribution < 1.29 is 9.47 Å². The predicted molar refractivity (Wildman–Crippen MR) is 75.6 cm³/mol. The van der Waals surface area contributed by atoms with Crippen LogP contribution in [-0.2, 0) is 0 Å². The molecular formula is C15H12N4O2. The van der Waals surface area contributed by atoms with Gasteiger partial charge >= 0.3 is 0 Å². The van der Waals surface area contributed by atoms with Crippen LogP contribution < -0.4 is 9.47 Å². The van der Waals surface area contributed by atoms with Gasteiger partial charge in [0.25, 0.3) is 0 Å². The average molecular weight is 280 g/mol. The molecule has 0 bridgehead atoms. The van der Waals surface area contributed by atoms with Crippen LogP contribution in [-0.4, -0.2) is 33.4 Å². The van der Waals surface area contributed by atoms with E-state index in [9.17, 15) is 0 Å². The van der Waals surface area contributed by atoms with Crippen LogP contribution in [0.3, 0.4) is 0 Å². The molecule has 4 rings (SSSR count). The maximum atomic E-state index is 5.60. The molecule has 0 atom stereocenters. The Labute approximate surface area is 120 Å². The lowest BCUT2D eigenvalue weighted by Gasteiger charge is -2.18. The van der Waals surface area contributed by atoms with E-state index in [1.807, 2.05) is 48.5 Å². The van der Waals surface area contributed by atoms with Gasteiger partial charge in [-0.1, -0.05) is 18.2 Å². The molecule has 21 heavy (non-hydrogen) atoms. The fourth-order valence-corrected chi connectivity index (χ4v) is 2.29. The Balaban J connectivity index is 1.80. The van der Waals surface area contributed by atoms with Crippen molar-refractivity contribution in [1.82, 2.24) is 20.2 Å². The van der Waals surface area contributed by atoms with Crippen LogP contribution in [0.2, 0.25) is 0 Å². The third-order valence-electron chi connectivity index (χ3n) is 3.27. The third-order valence-corrected chi connectivity index (χ3v) is 3.27. The monoisotopic (exact) mass is 280 g/mol. The van der Waals surface area contributed by atoms with Crippen LogP contribution in [0.5, 0.6) is 11.5 Å². The summed E-state index contributed by atoms with van der Waals surface area (Å²) in [6.07, 6.45) is 0. The minimum atomic E-state index is 0.556. The van der Waals surface area contributed by atoms with Crippen molar-refractivity contribution in [3.05, 3.63) is 48.5 Å². The van der Waals surface area contributed by atoms with Crippen molar-refractivity contribution in [2.24, 2.45) is 0 Å². The van der Waals surface area contributed by atoms with E-state index in [-0.39, 0.29) is 0 Å². The zero-order valence-corrected chi connectivity index (χ0v) is 11.1. The van der Waals surface area contributed by atoms with Crippen LogP contribution in [0.15, 0.2) is 48.5 Å². The number of para-hydroxylation sites is 1. The van der Waals surface area contributed by atoms with Crippen molar-refractivity contribution in [3.63, 3.8) is 0 Å². The molecule has 0 fully saturated rings. The van der Waals surface area contributed by atoms with Gasteiger partial charge in [0.15, 0.2) is 17.3 Å². The lowest BCUT2D eigenvalue weighted by Crippen LogP contribution is -2.15. The van der Waals surface area contributed by atoms with Crippen molar-refractivity contribution in [2.45, 2.75) is 0 Å². The van der Waals surface area contributed by atoms with Crippen LogP contribution in [0, 0.1) is 0 Å². The number of hydrogen-bond acceptors (Lipinski definition) is 5. The highest BCUT2D eigenvalue weighted by Gasteiger charge is 2.16. The number of nitrogens with zero attached hydrogens (tertiary/aromatic N) is 4. The Bertz CT molecular complexity index is 770. The Morgan fingerprint density at radius 3 is 2.57 bits per heavy atom. The fraction of sp³-hybridized carbons (Fsp3) is 0.133. The molecule has 3 aromatic rings. The summed E-state index contributed by atoms with van der Waals surface area (Å²) >= 11 is 0. The molecule has 1 aliphatic rings. The van der Waals surface area contributed by atoms with E-state index in [1.54, 1.807) is 4.68 Å². The number of fused-ring (bicyclic) bond motifs is 1. The predicted octanol–water partition coefficient (Wildman–Crippen LogP) is 2.10. The summed E-state index contributed by atoms with van der Waals surface area (Å²) in [4.78, 5) is 0. The molecule has 6 nitrogen and oxygen atoms in total. The highest BCUT2D eigenvalue weighted by molar-refractivity contribution is 5.62. The van der Waals surface area contributed by atoms with Gasteiger partial charge in [0.05, 0.1) is 5.69 Å². The average Bonchev–Trinajstić information content (AvgIpc) is 3.05. The summed E-state index contributed by atoms with van der Waals surface area (Å²) in [6, 6.07) is 15.5. The first-order valence-corrected chi connectivity index (χ1v) is 6.66. The van der Waals surface area contributed by atoms with Crippen LogP contribution in [0.1, 0.15) is 0 Å². The molecule has 0 saturated heterocycles. The normalized spacial score (nSPS) is 13.1. The molecule has 0 N–H and O–H groups in total.